The normalized spacial score (nSPS) is 14.0. The molecule has 114 valence electrons. The molecular weight excluding hydrogens is 282 g/mol. The van der Waals surface area contributed by atoms with E-state index in [2.05, 4.69) is 23.5 Å². The molecule has 0 fully saturated rings. The van der Waals surface area contributed by atoms with Crippen molar-refractivity contribution in [2.75, 3.05) is 0 Å². The summed E-state index contributed by atoms with van der Waals surface area (Å²) < 4.78 is 27.1. The number of nitrogens with zero attached hydrogens (tertiary/aromatic N) is 3. The van der Waals surface area contributed by atoms with Crippen LogP contribution < -0.4 is 4.57 Å². The lowest BCUT2D eigenvalue weighted by atomic mass is 10.0. The van der Waals surface area contributed by atoms with Crippen LogP contribution in [0.15, 0.2) is 48.8 Å². The number of rotatable bonds is 1. The first kappa shape index (κ1) is 10.9. The molecule has 3 heteroatoms. The molecule has 0 spiro atoms. The Morgan fingerprint density at radius 1 is 1.09 bits per heavy atom. The van der Waals surface area contributed by atoms with E-state index in [9.17, 15) is 0 Å². The number of pyridine rings is 2. The summed E-state index contributed by atoms with van der Waals surface area (Å²) in [5.41, 5.74) is 7.23. The Kier molecular flexibility index (Phi) is 2.34. The van der Waals surface area contributed by atoms with E-state index < -0.39 is 6.85 Å². The van der Waals surface area contributed by atoms with E-state index in [0.717, 1.165) is 39.1 Å². The van der Waals surface area contributed by atoms with Gasteiger partial charge in [0.1, 0.15) is 12.7 Å². The smallest absolute Gasteiger partial charge is 0.212 e. The van der Waals surface area contributed by atoms with Crippen molar-refractivity contribution in [1.82, 2.24) is 9.38 Å². The van der Waals surface area contributed by atoms with Crippen LogP contribution in [0.25, 0.3) is 27.9 Å². The van der Waals surface area contributed by atoms with Gasteiger partial charge in [-0.2, -0.15) is 0 Å². The van der Waals surface area contributed by atoms with Crippen LogP contribution in [-0.4, -0.2) is 9.38 Å². The second kappa shape index (κ2) is 4.92. The van der Waals surface area contributed by atoms with Crippen molar-refractivity contribution < 1.29 is 8.68 Å². The van der Waals surface area contributed by atoms with Crippen molar-refractivity contribution in [3.8, 4) is 11.3 Å². The largest absolute Gasteiger partial charge is 0.300 e. The van der Waals surface area contributed by atoms with Crippen molar-refractivity contribution in [2.45, 2.75) is 20.7 Å². The van der Waals surface area contributed by atoms with E-state index in [4.69, 9.17) is 9.10 Å². The van der Waals surface area contributed by atoms with Crippen LogP contribution in [0.1, 0.15) is 20.8 Å². The lowest BCUT2D eigenvalue weighted by molar-refractivity contribution is -0.660. The van der Waals surface area contributed by atoms with Gasteiger partial charge in [0.25, 0.3) is 0 Å². The number of fused-ring (bicyclic) bond motifs is 3. The van der Waals surface area contributed by atoms with Crippen LogP contribution in [0.2, 0.25) is 0 Å². The first-order chi connectivity index (χ1) is 12.3. The average Bonchev–Trinajstić information content (AvgIpc) is 2.92. The van der Waals surface area contributed by atoms with E-state index in [1.165, 1.54) is 0 Å². The van der Waals surface area contributed by atoms with Gasteiger partial charge in [0.05, 0.1) is 16.6 Å². The third-order valence-corrected chi connectivity index (χ3v) is 4.41. The molecule has 0 radical (unpaired) electrons. The molecule has 0 saturated carbocycles. The molecule has 3 heterocycles. The second-order valence-electron chi connectivity index (χ2n) is 6.06. The van der Waals surface area contributed by atoms with E-state index in [-0.39, 0.29) is 0 Å². The van der Waals surface area contributed by atoms with Crippen molar-refractivity contribution >= 4 is 16.7 Å². The highest BCUT2D eigenvalue weighted by molar-refractivity contribution is 5.86. The number of benzene rings is 1. The third kappa shape index (κ3) is 2.12. The summed E-state index contributed by atoms with van der Waals surface area (Å²) in [4.78, 5) is 4.72. The SMILES string of the molecule is [2H]C([2H])([2H])c1c[n+](C)c(-c2cc3nc4ccccn4c3cc2C)cc1C. The molecular formula is C20H20N3+. The van der Waals surface area contributed by atoms with Crippen molar-refractivity contribution in [1.29, 1.82) is 0 Å². The molecule has 0 unspecified atom stereocenters. The predicted octanol–water partition coefficient (Wildman–Crippen LogP) is 3.90. The minimum atomic E-state index is -2.11. The molecule has 0 aliphatic carbocycles. The fourth-order valence-corrected chi connectivity index (χ4v) is 3.11. The van der Waals surface area contributed by atoms with Gasteiger partial charge in [-0.05, 0) is 56.1 Å². The lowest BCUT2D eigenvalue weighted by Gasteiger charge is -2.07. The zero-order valence-electron chi connectivity index (χ0n) is 16.5. The number of imidazole rings is 1. The van der Waals surface area contributed by atoms with E-state index in [0.29, 0.717) is 5.56 Å². The van der Waals surface area contributed by atoms with Crippen molar-refractivity contribution in [3.63, 3.8) is 0 Å². The molecule has 0 aliphatic heterocycles. The second-order valence-corrected chi connectivity index (χ2v) is 6.06. The highest BCUT2D eigenvalue weighted by Crippen LogP contribution is 2.27. The molecule has 0 saturated heterocycles. The van der Waals surface area contributed by atoms with E-state index >= 15 is 0 Å². The van der Waals surface area contributed by atoms with Crippen LogP contribution in [0.4, 0.5) is 0 Å². The molecule has 0 amide bonds. The van der Waals surface area contributed by atoms with Crippen LogP contribution in [0.5, 0.6) is 0 Å². The summed E-state index contributed by atoms with van der Waals surface area (Å²) in [6, 6.07) is 12.1. The van der Waals surface area contributed by atoms with Crippen LogP contribution in [0, 0.1) is 20.7 Å². The van der Waals surface area contributed by atoms with Gasteiger partial charge in [-0.1, -0.05) is 6.07 Å². The molecule has 4 rings (SSSR count). The Morgan fingerprint density at radius 2 is 1.96 bits per heavy atom. The lowest BCUT2D eigenvalue weighted by Crippen LogP contribution is -2.31. The molecule has 0 N–H and O–H groups in total. The molecule has 4 aromatic rings. The maximum atomic E-state index is 7.70. The zero-order valence-corrected chi connectivity index (χ0v) is 13.5. The number of aryl methyl sites for hydroxylation is 4. The maximum Gasteiger partial charge on any atom is 0.212 e. The van der Waals surface area contributed by atoms with Gasteiger partial charge in [-0.15, -0.1) is 0 Å². The van der Waals surface area contributed by atoms with Crippen LogP contribution in [-0.2, 0) is 7.05 Å². The van der Waals surface area contributed by atoms with Gasteiger partial charge >= 0.3 is 0 Å². The van der Waals surface area contributed by atoms with E-state index in [1.807, 2.05) is 49.0 Å². The molecule has 23 heavy (non-hydrogen) atoms. The highest BCUT2D eigenvalue weighted by atomic mass is 15.0. The molecule has 0 bridgehead atoms. The molecule has 0 atom stereocenters. The Balaban J connectivity index is 1.96. The standard InChI is InChI=1S/C20H20N3/c1-13-9-18(22(4)12-15(13)3)16-11-17-19(10-14(16)2)23-8-6-5-7-20(23)21-17/h5-12H,1-4H3/q+1/i3D3. The zero-order chi connectivity index (χ0) is 18.6. The van der Waals surface area contributed by atoms with Gasteiger partial charge < -0.3 is 0 Å². The van der Waals surface area contributed by atoms with Gasteiger partial charge in [-0.25, -0.2) is 9.55 Å². The summed E-state index contributed by atoms with van der Waals surface area (Å²) >= 11 is 0. The third-order valence-electron chi connectivity index (χ3n) is 4.41. The Labute approximate surface area is 140 Å². The minimum Gasteiger partial charge on any atom is -0.300 e. The highest BCUT2D eigenvalue weighted by Gasteiger charge is 2.16. The Morgan fingerprint density at radius 3 is 2.78 bits per heavy atom. The topological polar surface area (TPSA) is 21.2 Å². The summed E-state index contributed by atoms with van der Waals surface area (Å²) in [6.45, 7) is 1.81. The molecule has 3 aromatic heterocycles. The maximum absolute atomic E-state index is 7.70. The fraction of sp³-hybridized carbons (Fsp3) is 0.200. The monoisotopic (exact) mass is 305 g/mol. The number of hydrogen-bond donors (Lipinski definition) is 0. The average molecular weight is 305 g/mol. The summed E-state index contributed by atoms with van der Waals surface area (Å²) in [6.07, 6.45) is 3.73. The van der Waals surface area contributed by atoms with Crippen LogP contribution >= 0.6 is 0 Å². The Bertz CT molecular complexity index is 1160. The molecule has 1 aromatic carbocycles. The van der Waals surface area contributed by atoms with Crippen LogP contribution in [0.3, 0.4) is 0 Å². The van der Waals surface area contributed by atoms with Crippen molar-refractivity contribution in [2.24, 2.45) is 7.05 Å². The molecule has 0 aliphatic rings. The summed E-state index contributed by atoms with van der Waals surface area (Å²) in [5, 5.41) is 0. The minimum absolute atomic E-state index is 0.384. The first-order valence-corrected chi connectivity index (χ1v) is 7.64. The van der Waals surface area contributed by atoms with Gasteiger partial charge in [0, 0.05) is 21.9 Å². The van der Waals surface area contributed by atoms with Gasteiger partial charge in [0.2, 0.25) is 5.69 Å². The number of hydrogen-bond acceptors (Lipinski definition) is 1. The van der Waals surface area contributed by atoms with E-state index in [1.54, 1.807) is 6.20 Å². The van der Waals surface area contributed by atoms with Gasteiger partial charge in [0.15, 0.2) is 6.20 Å². The quantitative estimate of drug-likeness (QED) is 0.489. The van der Waals surface area contributed by atoms with Gasteiger partial charge in [-0.3, -0.25) is 4.40 Å². The number of aromatic nitrogens is 3. The fourth-order valence-electron chi connectivity index (χ4n) is 3.11. The summed E-state index contributed by atoms with van der Waals surface area (Å²) in [7, 11) is 1.89. The Hall–Kier alpha value is -2.68. The molecule has 3 nitrogen and oxygen atoms in total. The first-order valence-electron chi connectivity index (χ1n) is 9.14. The van der Waals surface area contributed by atoms with Crippen molar-refractivity contribution in [3.05, 3.63) is 65.5 Å². The summed E-state index contributed by atoms with van der Waals surface area (Å²) in [5.74, 6) is 0. The predicted molar refractivity (Wildman–Crippen MR) is 93.5 cm³/mol.